The Kier molecular flexibility index (Phi) is 5.57. The molecule has 0 bridgehead atoms. The van der Waals surface area contributed by atoms with Crippen LogP contribution in [0.3, 0.4) is 0 Å². The summed E-state index contributed by atoms with van der Waals surface area (Å²) < 4.78 is 0. The molecule has 0 aliphatic heterocycles. The van der Waals surface area contributed by atoms with Crippen molar-refractivity contribution in [1.29, 1.82) is 0 Å². The summed E-state index contributed by atoms with van der Waals surface area (Å²) in [6, 6.07) is 8.44. The van der Waals surface area contributed by atoms with Gasteiger partial charge in [-0.25, -0.2) is 0 Å². The lowest BCUT2D eigenvalue weighted by atomic mass is 10.2. The maximum atomic E-state index is 12.1. The molecule has 0 saturated heterocycles. The van der Waals surface area contributed by atoms with Crippen molar-refractivity contribution >= 4 is 40.7 Å². The van der Waals surface area contributed by atoms with E-state index in [-0.39, 0.29) is 5.91 Å². The van der Waals surface area contributed by atoms with Gasteiger partial charge in [-0.05, 0) is 43.7 Å². The van der Waals surface area contributed by atoms with Crippen LogP contribution in [-0.4, -0.2) is 22.1 Å². The minimum Gasteiger partial charge on any atom is -0.366 e. The van der Waals surface area contributed by atoms with Crippen LogP contribution in [0.5, 0.6) is 0 Å². The number of nitrogens with zero attached hydrogens (tertiary/aromatic N) is 2. The number of nitrogens with one attached hydrogen (secondary N) is 2. The van der Waals surface area contributed by atoms with E-state index in [0.717, 1.165) is 6.42 Å². The van der Waals surface area contributed by atoms with Gasteiger partial charge in [0, 0.05) is 11.6 Å². The number of hydrogen-bond acceptors (Lipinski definition) is 4. The Morgan fingerprint density at radius 1 is 1.14 bits per heavy atom. The van der Waals surface area contributed by atoms with E-state index >= 15 is 0 Å². The summed E-state index contributed by atoms with van der Waals surface area (Å²) in [5.74, 6) is 0.711. The molecule has 0 radical (unpaired) electrons. The minimum absolute atomic E-state index is 0.311. The first-order chi connectivity index (χ1) is 10.5. The molecule has 0 aliphatic rings. The van der Waals surface area contributed by atoms with Crippen molar-refractivity contribution in [2.75, 3.05) is 10.6 Å². The fourth-order valence-electron chi connectivity index (χ4n) is 1.66. The van der Waals surface area contributed by atoms with Gasteiger partial charge in [-0.2, -0.15) is 0 Å². The molecule has 0 spiro atoms. The maximum absolute atomic E-state index is 12.1. The molecule has 2 N–H and O–H groups in total. The Balaban J connectivity index is 2.03. The first kappa shape index (κ1) is 16.5. The lowest BCUT2D eigenvalue weighted by Gasteiger charge is -2.11. The monoisotopic (exact) mass is 338 g/mol. The maximum Gasteiger partial charge on any atom is 0.256 e. The molecule has 1 heterocycles. The van der Waals surface area contributed by atoms with Crippen molar-refractivity contribution in [3.8, 4) is 0 Å². The van der Waals surface area contributed by atoms with Crippen LogP contribution in [0, 0.1) is 0 Å². The molecule has 2 rings (SSSR count). The second kappa shape index (κ2) is 7.42. The number of amides is 1. The summed E-state index contributed by atoms with van der Waals surface area (Å²) in [7, 11) is 0. The van der Waals surface area contributed by atoms with Gasteiger partial charge < -0.3 is 10.6 Å². The van der Waals surface area contributed by atoms with Crippen molar-refractivity contribution in [3.05, 3.63) is 45.9 Å². The molecule has 2 aromatic rings. The third-order valence-corrected chi connectivity index (χ3v) is 3.83. The van der Waals surface area contributed by atoms with E-state index in [1.54, 1.807) is 24.3 Å². The number of hydrogen-bond donors (Lipinski definition) is 2. The lowest BCUT2D eigenvalue weighted by molar-refractivity contribution is 0.102. The lowest BCUT2D eigenvalue weighted by Crippen LogP contribution is -2.16. The van der Waals surface area contributed by atoms with Gasteiger partial charge in [0.15, 0.2) is 5.82 Å². The molecule has 7 heteroatoms. The molecule has 0 saturated carbocycles. The molecule has 1 atom stereocenters. The van der Waals surface area contributed by atoms with Crippen molar-refractivity contribution in [2.45, 2.75) is 26.3 Å². The van der Waals surface area contributed by atoms with Crippen LogP contribution in [0.2, 0.25) is 10.0 Å². The molecular formula is C15H16Cl2N4O. The predicted octanol–water partition coefficient (Wildman–Crippen LogP) is 4.25. The number of rotatable bonds is 5. The van der Waals surface area contributed by atoms with Crippen LogP contribution >= 0.6 is 23.2 Å². The highest BCUT2D eigenvalue weighted by Crippen LogP contribution is 2.23. The number of carbonyl (C=O) groups is 1. The van der Waals surface area contributed by atoms with E-state index in [0.29, 0.717) is 33.3 Å². The van der Waals surface area contributed by atoms with Crippen LogP contribution in [0.25, 0.3) is 0 Å². The van der Waals surface area contributed by atoms with Crippen LogP contribution in [0.1, 0.15) is 30.6 Å². The van der Waals surface area contributed by atoms with Gasteiger partial charge in [0.25, 0.3) is 5.91 Å². The van der Waals surface area contributed by atoms with E-state index in [1.807, 2.05) is 0 Å². The normalized spacial score (nSPS) is 11.8. The van der Waals surface area contributed by atoms with Crippen LogP contribution in [-0.2, 0) is 0 Å². The quantitative estimate of drug-likeness (QED) is 0.855. The van der Waals surface area contributed by atoms with Crippen LogP contribution in [0.15, 0.2) is 30.3 Å². The Hall–Kier alpha value is -1.85. The van der Waals surface area contributed by atoms with E-state index in [2.05, 4.69) is 34.7 Å². The zero-order valence-corrected chi connectivity index (χ0v) is 13.7. The van der Waals surface area contributed by atoms with Crippen LogP contribution < -0.4 is 10.6 Å². The third-order valence-electron chi connectivity index (χ3n) is 3.09. The first-order valence-electron chi connectivity index (χ1n) is 6.86. The zero-order chi connectivity index (χ0) is 16.1. The second-order valence-corrected chi connectivity index (χ2v) is 5.65. The second-order valence-electron chi connectivity index (χ2n) is 4.84. The van der Waals surface area contributed by atoms with Crippen molar-refractivity contribution in [2.24, 2.45) is 0 Å². The summed E-state index contributed by atoms with van der Waals surface area (Å²) in [4.78, 5) is 12.1. The third kappa shape index (κ3) is 4.32. The predicted molar refractivity (Wildman–Crippen MR) is 89.8 cm³/mol. The highest BCUT2D eigenvalue weighted by Gasteiger charge is 2.09. The standard InChI is InChI=1S/C15H16Cl2N4O/c1-3-9(2)18-13-6-7-14(21-20-13)19-15(22)10-4-5-11(16)12(17)8-10/h4-9H,3H2,1-2H3,(H,18,20)(H,19,21,22). The van der Waals surface area contributed by atoms with Gasteiger partial charge >= 0.3 is 0 Å². The molecule has 1 amide bonds. The number of benzene rings is 1. The average Bonchev–Trinajstić information content (AvgIpc) is 2.51. The summed E-state index contributed by atoms with van der Waals surface area (Å²) in [5.41, 5.74) is 0.401. The van der Waals surface area contributed by atoms with E-state index in [4.69, 9.17) is 23.2 Å². The Morgan fingerprint density at radius 3 is 2.41 bits per heavy atom. The summed E-state index contributed by atoms with van der Waals surface area (Å²) in [5, 5.41) is 14.6. The fourth-order valence-corrected chi connectivity index (χ4v) is 1.95. The molecule has 1 aromatic carbocycles. The number of aromatic nitrogens is 2. The highest BCUT2D eigenvalue weighted by molar-refractivity contribution is 6.42. The molecule has 0 aliphatic carbocycles. The summed E-state index contributed by atoms with van der Waals surface area (Å²) in [6.45, 7) is 4.14. The van der Waals surface area contributed by atoms with Gasteiger partial charge in [-0.1, -0.05) is 30.1 Å². The first-order valence-corrected chi connectivity index (χ1v) is 7.62. The van der Waals surface area contributed by atoms with E-state index in [1.165, 1.54) is 6.07 Å². The van der Waals surface area contributed by atoms with Crippen molar-refractivity contribution in [3.63, 3.8) is 0 Å². The summed E-state index contributed by atoms with van der Waals surface area (Å²) in [6.07, 6.45) is 0.984. The molecular weight excluding hydrogens is 323 g/mol. The number of anilines is 2. The van der Waals surface area contributed by atoms with Crippen molar-refractivity contribution < 1.29 is 4.79 Å². The van der Waals surface area contributed by atoms with Gasteiger partial charge in [-0.15, -0.1) is 10.2 Å². The SMILES string of the molecule is CCC(C)Nc1ccc(NC(=O)c2ccc(Cl)c(Cl)c2)nn1. The van der Waals surface area contributed by atoms with Gasteiger partial charge in [-0.3, -0.25) is 4.79 Å². The van der Waals surface area contributed by atoms with Gasteiger partial charge in [0.1, 0.15) is 5.82 Å². The van der Waals surface area contributed by atoms with Gasteiger partial charge in [0.05, 0.1) is 10.0 Å². The molecule has 116 valence electrons. The molecule has 0 fully saturated rings. The number of carbonyl (C=O) groups excluding carboxylic acids is 1. The fraction of sp³-hybridized carbons (Fsp3) is 0.267. The van der Waals surface area contributed by atoms with E-state index in [9.17, 15) is 4.79 Å². The van der Waals surface area contributed by atoms with Gasteiger partial charge in [0.2, 0.25) is 0 Å². The molecule has 5 nitrogen and oxygen atoms in total. The number of halogens is 2. The summed E-state index contributed by atoms with van der Waals surface area (Å²) >= 11 is 11.7. The largest absolute Gasteiger partial charge is 0.366 e. The highest BCUT2D eigenvalue weighted by atomic mass is 35.5. The molecule has 22 heavy (non-hydrogen) atoms. The Morgan fingerprint density at radius 2 is 1.82 bits per heavy atom. The molecule has 1 unspecified atom stereocenters. The zero-order valence-electron chi connectivity index (χ0n) is 12.2. The average molecular weight is 339 g/mol. The smallest absolute Gasteiger partial charge is 0.256 e. The Bertz CT molecular complexity index is 661. The van der Waals surface area contributed by atoms with Crippen molar-refractivity contribution in [1.82, 2.24) is 10.2 Å². The molecule has 1 aromatic heterocycles. The Labute approximate surface area is 139 Å². The minimum atomic E-state index is -0.324. The van der Waals surface area contributed by atoms with Crippen LogP contribution in [0.4, 0.5) is 11.6 Å². The van der Waals surface area contributed by atoms with E-state index < -0.39 is 0 Å². The topological polar surface area (TPSA) is 66.9 Å².